The predicted octanol–water partition coefficient (Wildman–Crippen LogP) is 2.18. The summed E-state index contributed by atoms with van der Waals surface area (Å²) in [5.41, 5.74) is 4.60. The number of ether oxygens (including phenoxy) is 1. The van der Waals surface area contributed by atoms with Gasteiger partial charge in [0, 0.05) is 5.56 Å². The van der Waals surface area contributed by atoms with Crippen LogP contribution in [0, 0.1) is 6.92 Å². The molecule has 4 rings (SSSR count). The molecule has 0 unspecified atom stereocenters. The van der Waals surface area contributed by atoms with Gasteiger partial charge in [-0.3, -0.25) is 19.7 Å². The predicted molar refractivity (Wildman–Crippen MR) is 91.1 cm³/mol. The SMILES string of the molecule is Cc1ccc2oc(CN3C(=O)COc4ccc(C(=O)NO)cc43)nc2c1. The Hall–Kier alpha value is -3.39. The van der Waals surface area contributed by atoms with Gasteiger partial charge in [-0.05, 0) is 42.8 Å². The van der Waals surface area contributed by atoms with Gasteiger partial charge >= 0.3 is 0 Å². The molecule has 0 aliphatic carbocycles. The summed E-state index contributed by atoms with van der Waals surface area (Å²) in [5.74, 6) is -0.115. The Balaban J connectivity index is 1.71. The van der Waals surface area contributed by atoms with Gasteiger partial charge in [0.1, 0.15) is 17.8 Å². The number of fused-ring (bicyclic) bond motifs is 2. The highest BCUT2D eigenvalue weighted by molar-refractivity contribution is 6.00. The number of hydrogen-bond donors (Lipinski definition) is 2. The molecule has 0 atom stereocenters. The number of amides is 2. The summed E-state index contributed by atoms with van der Waals surface area (Å²) in [6.45, 7) is 1.95. The summed E-state index contributed by atoms with van der Waals surface area (Å²) in [5, 5.41) is 8.81. The molecule has 3 aromatic rings. The maximum Gasteiger partial charge on any atom is 0.274 e. The molecular formula is C18H15N3O5. The summed E-state index contributed by atoms with van der Waals surface area (Å²) in [4.78, 5) is 29.9. The number of nitrogens with one attached hydrogen (secondary N) is 1. The van der Waals surface area contributed by atoms with Crippen LogP contribution in [-0.4, -0.2) is 28.6 Å². The average Bonchev–Trinajstić information content (AvgIpc) is 3.04. The van der Waals surface area contributed by atoms with Gasteiger partial charge in [-0.1, -0.05) is 6.07 Å². The molecule has 2 amide bonds. The number of rotatable bonds is 3. The van der Waals surface area contributed by atoms with Crippen molar-refractivity contribution in [2.24, 2.45) is 0 Å². The summed E-state index contributed by atoms with van der Waals surface area (Å²) in [6, 6.07) is 10.2. The first-order valence-electron chi connectivity index (χ1n) is 7.93. The molecule has 0 saturated carbocycles. The Morgan fingerprint density at radius 1 is 1.31 bits per heavy atom. The number of hydroxylamine groups is 1. The average molecular weight is 353 g/mol. The Kier molecular flexibility index (Phi) is 3.81. The highest BCUT2D eigenvalue weighted by Gasteiger charge is 2.28. The minimum absolute atomic E-state index is 0.104. The number of hydrogen-bond acceptors (Lipinski definition) is 6. The first-order chi connectivity index (χ1) is 12.5. The third kappa shape index (κ3) is 2.76. The van der Waals surface area contributed by atoms with E-state index in [1.807, 2.05) is 25.1 Å². The highest BCUT2D eigenvalue weighted by atomic mass is 16.5. The number of benzene rings is 2. The third-order valence-electron chi connectivity index (χ3n) is 4.15. The second-order valence-electron chi connectivity index (χ2n) is 5.97. The molecule has 26 heavy (non-hydrogen) atoms. The lowest BCUT2D eigenvalue weighted by molar-refractivity contribution is -0.121. The van der Waals surface area contributed by atoms with E-state index in [9.17, 15) is 9.59 Å². The molecule has 1 aliphatic heterocycles. The number of anilines is 1. The normalized spacial score (nSPS) is 13.5. The van der Waals surface area contributed by atoms with Crippen molar-refractivity contribution in [3.8, 4) is 5.75 Å². The van der Waals surface area contributed by atoms with Crippen LogP contribution in [0.5, 0.6) is 5.75 Å². The fraction of sp³-hybridized carbons (Fsp3) is 0.167. The molecule has 8 nitrogen and oxygen atoms in total. The summed E-state index contributed by atoms with van der Waals surface area (Å²) < 4.78 is 11.1. The van der Waals surface area contributed by atoms with Gasteiger partial charge in [-0.2, -0.15) is 0 Å². The molecule has 132 valence electrons. The van der Waals surface area contributed by atoms with E-state index in [-0.39, 0.29) is 24.6 Å². The molecule has 0 bridgehead atoms. The van der Waals surface area contributed by atoms with Gasteiger partial charge < -0.3 is 9.15 Å². The number of oxazole rings is 1. The van der Waals surface area contributed by atoms with Crippen molar-refractivity contribution in [1.82, 2.24) is 10.5 Å². The van der Waals surface area contributed by atoms with Crippen molar-refractivity contribution in [2.75, 3.05) is 11.5 Å². The number of aromatic nitrogens is 1. The molecule has 0 fully saturated rings. The van der Waals surface area contributed by atoms with Crippen LogP contribution in [0.4, 0.5) is 5.69 Å². The van der Waals surface area contributed by atoms with Crippen molar-refractivity contribution in [3.05, 3.63) is 53.4 Å². The number of carbonyl (C=O) groups excluding carboxylic acids is 2. The molecule has 2 heterocycles. The Bertz CT molecular complexity index is 1030. The first-order valence-corrected chi connectivity index (χ1v) is 7.93. The quantitative estimate of drug-likeness (QED) is 0.552. The minimum Gasteiger partial charge on any atom is -0.482 e. The van der Waals surface area contributed by atoms with Crippen LogP contribution in [0.3, 0.4) is 0 Å². The molecule has 2 aromatic carbocycles. The monoisotopic (exact) mass is 353 g/mol. The van der Waals surface area contributed by atoms with Crippen LogP contribution < -0.4 is 15.1 Å². The topological polar surface area (TPSA) is 105 Å². The molecular weight excluding hydrogens is 338 g/mol. The van der Waals surface area contributed by atoms with Gasteiger partial charge in [0.2, 0.25) is 5.89 Å². The third-order valence-corrected chi connectivity index (χ3v) is 4.15. The largest absolute Gasteiger partial charge is 0.482 e. The van der Waals surface area contributed by atoms with Gasteiger partial charge in [0.05, 0.1) is 5.69 Å². The van der Waals surface area contributed by atoms with E-state index in [0.29, 0.717) is 28.4 Å². The minimum atomic E-state index is -0.678. The maximum absolute atomic E-state index is 12.4. The van der Waals surface area contributed by atoms with Crippen molar-refractivity contribution in [3.63, 3.8) is 0 Å². The maximum atomic E-state index is 12.4. The van der Waals surface area contributed by atoms with E-state index in [2.05, 4.69) is 4.98 Å². The molecule has 1 aliphatic rings. The van der Waals surface area contributed by atoms with E-state index in [0.717, 1.165) is 5.56 Å². The van der Waals surface area contributed by atoms with Crippen LogP contribution in [0.2, 0.25) is 0 Å². The lowest BCUT2D eigenvalue weighted by atomic mass is 10.1. The molecule has 0 saturated heterocycles. The zero-order valence-electron chi connectivity index (χ0n) is 13.9. The molecule has 0 radical (unpaired) electrons. The second kappa shape index (κ2) is 6.16. The number of aryl methyl sites for hydroxylation is 1. The molecule has 0 spiro atoms. The fourth-order valence-electron chi connectivity index (χ4n) is 2.87. The summed E-state index contributed by atoms with van der Waals surface area (Å²) in [7, 11) is 0. The van der Waals surface area contributed by atoms with Crippen LogP contribution >= 0.6 is 0 Å². The van der Waals surface area contributed by atoms with Gasteiger partial charge in [-0.25, -0.2) is 10.5 Å². The van der Waals surface area contributed by atoms with Crippen LogP contribution in [-0.2, 0) is 11.3 Å². The zero-order chi connectivity index (χ0) is 18.3. The van der Waals surface area contributed by atoms with Crippen molar-refractivity contribution in [2.45, 2.75) is 13.5 Å². The molecule has 8 heteroatoms. The fourth-order valence-corrected chi connectivity index (χ4v) is 2.87. The number of carbonyl (C=O) groups is 2. The molecule has 1 aromatic heterocycles. The zero-order valence-corrected chi connectivity index (χ0v) is 13.9. The lowest BCUT2D eigenvalue weighted by Crippen LogP contribution is -2.38. The Labute approximate surface area is 147 Å². The van der Waals surface area contributed by atoms with Crippen molar-refractivity contribution in [1.29, 1.82) is 0 Å². The van der Waals surface area contributed by atoms with Crippen molar-refractivity contribution < 1.29 is 24.0 Å². The van der Waals surface area contributed by atoms with E-state index < -0.39 is 5.91 Å². The van der Waals surface area contributed by atoms with E-state index >= 15 is 0 Å². The summed E-state index contributed by atoms with van der Waals surface area (Å²) in [6.07, 6.45) is 0. The van der Waals surface area contributed by atoms with E-state index in [1.54, 1.807) is 11.5 Å². The smallest absolute Gasteiger partial charge is 0.274 e. The Morgan fingerprint density at radius 3 is 2.96 bits per heavy atom. The standard InChI is InChI=1S/C18H15N3O5/c1-10-2-4-14-12(6-10)19-16(26-14)8-21-13-7-11(18(23)20-24)3-5-15(13)25-9-17(21)22/h2-7,24H,8-9H2,1H3,(H,20,23). The van der Waals surface area contributed by atoms with Crippen LogP contribution in [0.25, 0.3) is 11.1 Å². The summed E-state index contributed by atoms with van der Waals surface area (Å²) >= 11 is 0. The van der Waals surface area contributed by atoms with Gasteiger partial charge in [0.15, 0.2) is 12.2 Å². The van der Waals surface area contributed by atoms with Gasteiger partial charge in [0.25, 0.3) is 11.8 Å². The van der Waals surface area contributed by atoms with E-state index in [4.69, 9.17) is 14.4 Å². The molecule has 2 N–H and O–H groups in total. The highest BCUT2D eigenvalue weighted by Crippen LogP contribution is 2.34. The lowest BCUT2D eigenvalue weighted by Gasteiger charge is -2.28. The Morgan fingerprint density at radius 2 is 2.15 bits per heavy atom. The van der Waals surface area contributed by atoms with Crippen LogP contribution in [0.15, 0.2) is 40.8 Å². The van der Waals surface area contributed by atoms with E-state index in [1.165, 1.54) is 17.0 Å². The number of nitrogens with zero attached hydrogens (tertiary/aromatic N) is 2. The van der Waals surface area contributed by atoms with Crippen molar-refractivity contribution >= 4 is 28.6 Å². The van der Waals surface area contributed by atoms with Crippen LogP contribution in [0.1, 0.15) is 21.8 Å². The second-order valence-corrected chi connectivity index (χ2v) is 5.97. The first kappa shape index (κ1) is 16.1. The van der Waals surface area contributed by atoms with Gasteiger partial charge in [-0.15, -0.1) is 0 Å².